The maximum atomic E-state index is 8.84. The number of halogens is 1. The van der Waals surface area contributed by atoms with E-state index in [1.807, 2.05) is 48.5 Å². The monoisotopic (exact) mass is 382 g/mol. The third-order valence-corrected chi connectivity index (χ3v) is 2.65. The lowest BCUT2D eigenvalue weighted by Gasteiger charge is -1.88. The van der Waals surface area contributed by atoms with Gasteiger partial charge in [0.15, 0.2) is 0 Å². The predicted octanol–water partition coefficient (Wildman–Crippen LogP) is 4.98. The summed E-state index contributed by atoms with van der Waals surface area (Å²) in [7, 11) is 0. The van der Waals surface area contributed by atoms with E-state index < -0.39 is 6.10 Å². The minimum Gasteiger partial charge on any atom is -0.381 e. The highest BCUT2D eigenvalue weighted by Crippen LogP contribution is 1.99. The Bertz CT molecular complexity index is 495. The summed E-state index contributed by atoms with van der Waals surface area (Å²) in [6.45, 7) is 1.65. The molecule has 0 heterocycles. The molecule has 0 aromatic heterocycles. The molecule has 0 fully saturated rings. The van der Waals surface area contributed by atoms with Crippen LogP contribution in [0.1, 0.15) is 27.3 Å². The highest BCUT2D eigenvalue weighted by molar-refractivity contribution is 14.1. The zero-order valence-electron chi connectivity index (χ0n) is 10.2. The van der Waals surface area contributed by atoms with Crippen LogP contribution in [-0.4, -0.2) is 11.2 Å². The molecule has 2 rings (SSSR count). The van der Waals surface area contributed by atoms with Crippen LogP contribution >= 0.6 is 22.6 Å². The van der Waals surface area contributed by atoms with Crippen molar-refractivity contribution in [2.75, 3.05) is 0 Å². The van der Waals surface area contributed by atoms with Crippen molar-refractivity contribution in [2.24, 2.45) is 0 Å². The minimum atomic E-state index is -0.546. The topological polar surface area (TPSA) is 20.2 Å². The molecule has 0 bridgehead atoms. The normalized spacial score (nSPS) is 9.35. The molecule has 1 atom stereocenters. The maximum absolute atomic E-state index is 8.84. The van der Waals surface area contributed by atoms with Crippen molar-refractivity contribution in [3.8, 4) is 11.8 Å². The minimum absolute atomic E-state index is 0. The molecule has 0 aliphatic rings. The maximum Gasteiger partial charge on any atom is 0.112 e. The third-order valence-electron chi connectivity index (χ3n) is 1.93. The molecule has 0 saturated carbocycles. The molecule has 20 heavy (non-hydrogen) atoms. The molecule has 2 aromatic rings. The van der Waals surface area contributed by atoms with Gasteiger partial charge in [-0.05, 0) is 53.8 Å². The largest absolute Gasteiger partial charge is 0.381 e. The van der Waals surface area contributed by atoms with E-state index in [0.717, 1.165) is 5.56 Å². The number of aliphatic hydroxyl groups excluding tert-OH is 1. The van der Waals surface area contributed by atoms with Crippen molar-refractivity contribution in [3.05, 3.63) is 69.8 Å². The van der Waals surface area contributed by atoms with Gasteiger partial charge in [0.25, 0.3) is 0 Å². The lowest BCUT2D eigenvalue weighted by Crippen LogP contribution is -1.92. The Balaban J connectivity index is 0. The van der Waals surface area contributed by atoms with Crippen molar-refractivity contribution in [3.63, 3.8) is 0 Å². The van der Waals surface area contributed by atoms with Gasteiger partial charge in [-0.1, -0.05) is 63.1 Å². The molecule has 2 aromatic carbocycles. The first kappa shape index (κ1) is 21.0. The van der Waals surface area contributed by atoms with Gasteiger partial charge in [0.2, 0.25) is 0 Å². The van der Waals surface area contributed by atoms with E-state index in [-0.39, 0.29) is 14.9 Å². The average Bonchev–Trinajstić information content (AvgIpc) is 2.39. The molecule has 1 nitrogen and oxygen atoms in total. The molecule has 0 spiro atoms. The van der Waals surface area contributed by atoms with E-state index in [0.29, 0.717) is 0 Å². The lowest BCUT2D eigenvalue weighted by molar-refractivity contribution is 0.253. The van der Waals surface area contributed by atoms with Gasteiger partial charge in [-0.15, -0.1) is 0 Å². The van der Waals surface area contributed by atoms with Crippen molar-refractivity contribution in [1.29, 1.82) is 0 Å². The molecular formula is C18H23IO. The molecule has 0 amide bonds. The van der Waals surface area contributed by atoms with Crippen LogP contribution in [0.3, 0.4) is 0 Å². The van der Waals surface area contributed by atoms with Gasteiger partial charge in [-0.3, -0.25) is 0 Å². The van der Waals surface area contributed by atoms with Gasteiger partial charge < -0.3 is 5.11 Å². The van der Waals surface area contributed by atoms with Crippen LogP contribution in [0, 0.1) is 15.4 Å². The second-order valence-electron chi connectivity index (χ2n) is 3.61. The Kier molecular flexibility index (Phi) is 13.3. The zero-order valence-corrected chi connectivity index (χ0v) is 12.3. The van der Waals surface area contributed by atoms with Crippen molar-refractivity contribution >= 4 is 22.6 Å². The number of hydrogen-bond donors (Lipinski definition) is 1. The van der Waals surface area contributed by atoms with Crippen LogP contribution in [0.4, 0.5) is 0 Å². The smallest absolute Gasteiger partial charge is 0.112 e. The summed E-state index contributed by atoms with van der Waals surface area (Å²) >= 11 is 2.28. The van der Waals surface area contributed by atoms with Gasteiger partial charge >= 0.3 is 0 Å². The molecule has 1 unspecified atom stereocenters. The van der Waals surface area contributed by atoms with Crippen LogP contribution in [0.25, 0.3) is 0 Å². The van der Waals surface area contributed by atoms with E-state index in [4.69, 9.17) is 5.11 Å². The van der Waals surface area contributed by atoms with Gasteiger partial charge in [0.05, 0.1) is 0 Å². The van der Waals surface area contributed by atoms with Crippen LogP contribution in [0.5, 0.6) is 0 Å². The fourth-order valence-corrected chi connectivity index (χ4v) is 1.54. The van der Waals surface area contributed by atoms with Gasteiger partial charge in [-0.2, -0.15) is 0 Å². The number of aliphatic hydroxyl groups is 1. The van der Waals surface area contributed by atoms with Crippen molar-refractivity contribution in [1.82, 2.24) is 0 Å². The Hall–Kier alpha value is -1.31. The number of benzene rings is 2. The quantitative estimate of drug-likeness (QED) is 0.503. The summed E-state index contributed by atoms with van der Waals surface area (Å²) < 4.78 is 1.29. The highest BCUT2D eigenvalue weighted by atomic mass is 127. The van der Waals surface area contributed by atoms with E-state index in [9.17, 15) is 0 Å². The molecule has 108 valence electrons. The lowest BCUT2D eigenvalue weighted by atomic mass is 10.2. The van der Waals surface area contributed by atoms with Gasteiger partial charge in [-0.25, -0.2) is 0 Å². The van der Waals surface area contributed by atoms with Crippen LogP contribution in [0.15, 0.2) is 60.7 Å². The molecule has 2 heteroatoms. The SMILES string of the molecule is C.C.CC(O)C#Cc1ccccc1.Ic1ccccc1. The molecule has 0 aliphatic heterocycles. The van der Waals surface area contributed by atoms with Gasteiger partial charge in [0, 0.05) is 9.13 Å². The summed E-state index contributed by atoms with van der Waals surface area (Å²) in [5, 5.41) is 8.84. The summed E-state index contributed by atoms with van der Waals surface area (Å²) in [6.07, 6.45) is -0.546. The van der Waals surface area contributed by atoms with Crippen LogP contribution in [0.2, 0.25) is 0 Å². The molecule has 0 aliphatic carbocycles. The zero-order chi connectivity index (χ0) is 13.2. The third kappa shape index (κ3) is 10.6. The fourth-order valence-electron chi connectivity index (χ4n) is 1.12. The molecular weight excluding hydrogens is 359 g/mol. The standard InChI is InChI=1S/C10H10O.C6H5I.2CH4/c1-9(11)7-8-10-5-3-2-4-6-10;7-6-4-2-1-3-5-6;;/h2-6,9,11H,1H3;1-5H;2*1H4. The Labute approximate surface area is 137 Å². The van der Waals surface area contributed by atoms with E-state index in [2.05, 4.69) is 46.6 Å². The van der Waals surface area contributed by atoms with E-state index in [1.165, 1.54) is 3.57 Å². The summed E-state index contributed by atoms with van der Waals surface area (Å²) in [6, 6.07) is 19.8. The van der Waals surface area contributed by atoms with E-state index >= 15 is 0 Å². The highest BCUT2D eigenvalue weighted by Gasteiger charge is 1.84. The average molecular weight is 382 g/mol. The van der Waals surface area contributed by atoms with E-state index in [1.54, 1.807) is 6.92 Å². The summed E-state index contributed by atoms with van der Waals surface area (Å²) in [5.41, 5.74) is 0.938. The number of rotatable bonds is 0. The van der Waals surface area contributed by atoms with Gasteiger partial charge in [0.1, 0.15) is 6.10 Å². The Morgan fingerprint density at radius 1 is 0.900 bits per heavy atom. The first-order valence-electron chi connectivity index (χ1n) is 5.63. The van der Waals surface area contributed by atoms with Crippen LogP contribution < -0.4 is 0 Å². The van der Waals surface area contributed by atoms with Crippen molar-refractivity contribution < 1.29 is 5.11 Å². The second-order valence-corrected chi connectivity index (χ2v) is 4.85. The first-order chi connectivity index (χ1) is 8.68. The predicted molar refractivity (Wildman–Crippen MR) is 97.6 cm³/mol. The van der Waals surface area contributed by atoms with Crippen molar-refractivity contribution in [2.45, 2.75) is 27.9 Å². The van der Waals surface area contributed by atoms with Crippen LogP contribution in [-0.2, 0) is 0 Å². The molecule has 0 radical (unpaired) electrons. The summed E-state index contributed by atoms with van der Waals surface area (Å²) in [5.74, 6) is 5.51. The number of hydrogen-bond acceptors (Lipinski definition) is 1. The Morgan fingerprint density at radius 3 is 1.70 bits per heavy atom. The fraction of sp³-hybridized carbons (Fsp3) is 0.222. The first-order valence-corrected chi connectivity index (χ1v) is 6.71. The summed E-state index contributed by atoms with van der Waals surface area (Å²) in [4.78, 5) is 0. The second kappa shape index (κ2) is 12.7. The molecule has 1 N–H and O–H groups in total. The molecule has 0 saturated heterocycles. The Morgan fingerprint density at radius 2 is 1.35 bits per heavy atom.